The van der Waals surface area contributed by atoms with E-state index in [-0.39, 0.29) is 29.5 Å². The zero-order valence-corrected chi connectivity index (χ0v) is 15.0. The molecule has 25 heavy (non-hydrogen) atoms. The van der Waals surface area contributed by atoms with Crippen molar-refractivity contribution in [1.29, 1.82) is 0 Å². The average molecular weight is 348 g/mol. The Morgan fingerprint density at radius 2 is 1.84 bits per heavy atom. The SMILES string of the molecule is CC1(C)OB(C2=CCC(OCc3cccc(F)c3F)C=C2)OC1(C)C. The monoisotopic (exact) mass is 348 g/mol. The van der Waals surface area contributed by atoms with E-state index in [2.05, 4.69) is 0 Å². The van der Waals surface area contributed by atoms with Crippen molar-refractivity contribution < 1.29 is 22.8 Å². The van der Waals surface area contributed by atoms with Crippen LogP contribution in [0.1, 0.15) is 39.7 Å². The first kappa shape index (κ1) is 18.3. The summed E-state index contributed by atoms with van der Waals surface area (Å²) in [6.45, 7) is 8.08. The molecule has 1 heterocycles. The minimum Gasteiger partial charge on any atom is -0.399 e. The molecule has 0 N–H and O–H groups in total. The van der Waals surface area contributed by atoms with Crippen LogP contribution in [-0.2, 0) is 20.7 Å². The first-order chi connectivity index (χ1) is 11.7. The van der Waals surface area contributed by atoms with Gasteiger partial charge in [-0.2, -0.15) is 0 Å². The standard InChI is InChI=1S/C19H23BF2O3/c1-18(2)19(3,4)25-20(24-18)14-8-10-15(11-9-14)23-12-13-6-5-7-16(21)17(13)22/h5-10,15H,11-12H2,1-4H3. The maximum absolute atomic E-state index is 13.6. The van der Waals surface area contributed by atoms with Gasteiger partial charge in [0.05, 0.1) is 23.9 Å². The van der Waals surface area contributed by atoms with Crippen molar-refractivity contribution in [3.8, 4) is 0 Å². The molecule has 1 atom stereocenters. The summed E-state index contributed by atoms with van der Waals surface area (Å²) in [7, 11) is -0.400. The summed E-state index contributed by atoms with van der Waals surface area (Å²) >= 11 is 0. The lowest BCUT2D eigenvalue weighted by Crippen LogP contribution is -2.41. The van der Waals surface area contributed by atoms with Crippen molar-refractivity contribution in [3.63, 3.8) is 0 Å². The van der Waals surface area contributed by atoms with Crippen LogP contribution in [-0.4, -0.2) is 24.4 Å². The summed E-state index contributed by atoms with van der Waals surface area (Å²) in [4.78, 5) is 0. The molecular weight excluding hydrogens is 325 g/mol. The average Bonchev–Trinajstić information content (AvgIpc) is 2.77. The molecule has 0 aromatic heterocycles. The molecule has 6 heteroatoms. The molecule has 1 aromatic rings. The Hall–Kier alpha value is -1.50. The van der Waals surface area contributed by atoms with Crippen molar-refractivity contribution in [2.75, 3.05) is 0 Å². The van der Waals surface area contributed by atoms with Crippen molar-refractivity contribution >= 4 is 7.12 Å². The molecule has 1 aliphatic carbocycles. The van der Waals surface area contributed by atoms with E-state index >= 15 is 0 Å². The molecule has 1 saturated heterocycles. The van der Waals surface area contributed by atoms with Crippen molar-refractivity contribution in [2.24, 2.45) is 0 Å². The summed E-state index contributed by atoms with van der Waals surface area (Å²) in [5, 5.41) is 0. The molecule has 0 bridgehead atoms. The quantitative estimate of drug-likeness (QED) is 0.757. The van der Waals surface area contributed by atoms with E-state index in [1.807, 2.05) is 45.9 Å². The van der Waals surface area contributed by atoms with Crippen LogP contribution in [0.15, 0.2) is 41.9 Å². The van der Waals surface area contributed by atoms with Gasteiger partial charge >= 0.3 is 7.12 Å². The van der Waals surface area contributed by atoms with Gasteiger partial charge < -0.3 is 14.0 Å². The number of allylic oxidation sites excluding steroid dienone is 2. The Morgan fingerprint density at radius 3 is 2.44 bits per heavy atom. The lowest BCUT2D eigenvalue weighted by atomic mass is 9.75. The highest BCUT2D eigenvalue weighted by Gasteiger charge is 2.52. The molecule has 0 radical (unpaired) electrons. The number of rotatable bonds is 4. The van der Waals surface area contributed by atoms with Crippen LogP contribution in [0.2, 0.25) is 0 Å². The first-order valence-electron chi connectivity index (χ1n) is 8.48. The Morgan fingerprint density at radius 1 is 1.16 bits per heavy atom. The Kier molecular flexibility index (Phi) is 4.88. The molecule has 2 aliphatic rings. The molecule has 3 rings (SSSR count). The fourth-order valence-corrected chi connectivity index (χ4v) is 2.75. The largest absolute Gasteiger partial charge is 0.494 e. The van der Waals surface area contributed by atoms with Gasteiger partial charge in [0.1, 0.15) is 0 Å². The second-order valence-corrected chi connectivity index (χ2v) is 7.45. The number of benzene rings is 1. The molecule has 0 saturated carbocycles. The molecule has 3 nitrogen and oxygen atoms in total. The van der Waals surface area contributed by atoms with Gasteiger partial charge in [-0.05, 0) is 45.7 Å². The summed E-state index contributed by atoms with van der Waals surface area (Å²) < 4.78 is 44.6. The van der Waals surface area contributed by atoms with Gasteiger partial charge in [0, 0.05) is 5.56 Å². The molecule has 1 unspecified atom stereocenters. The number of hydrogen-bond acceptors (Lipinski definition) is 3. The smallest absolute Gasteiger partial charge is 0.399 e. The zero-order valence-electron chi connectivity index (χ0n) is 15.0. The molecule has 0 spiro atoms. The second-order valence-electron chi connectivity index (χ2n) is 7.45. The number of halogens is 2. The van der Waals surface area contributed by atoms with Crippen LogP contribution in [0.5, 0.6) is 0 Å². The van der Waals surface area contributed by atoms with Crippen LogP contribution in [0.25, 0.3) is 0 Å². The number of ether oxygens (including phenoxy) is 1. The van der Waals surface area contributed by atoms with Crippen LogP contribution in [0, 0.1) is 11.6 Å². The van der Waals surface area contributed by atoms with E-state index in [1.54, 1.807) is 0 Å². The second kappa shape index (κ2) is 6.67. The summed E-state index contributed by atoms with van der Waals surface area (Å²) in [6, 6.07) is 4.10. The lowest BCUT2D eigenvalue weighted by Gasteiger charge is -2.32. The fourth-order valence-electron chi connectivity index (χ4n) is 2.75. The van der Waals surface area contributed by atoms with Gasteiger partial charge in [-0.25, -0.2) is 8.78 Å². The molecule has 1 aromatic carbocycles. The van der Waals surface area contributed by atoms with E-state index in [0.717, 1.165) is 11.5 Å². The topological polar surface area (TPSA) is 27.7 Å². The lowest BCUT2D eigenvalue weighted by molar-refractivity contribution is 0.00578. The fraction of sp³-hybridized carbons (Fsp3) is 0.474. The zero-order chi connectivity index (χ0) is 18.2. The normalized spacial score (nSPS) is 24.5. The molecular formula is C19H23BF2O3. The van der Waals surface area contributed by atoms with Crippen LogP contribution >= 0.6 is 0 Å². The van der Waals surface area contributed by atoms with Gasteiger partial charge in [-0.3, -0.25) is 0 Å². The van der Waals surface area contributed by atoms with Crippen molar-refractivity contribution in [3.05, 3.63) is 59.1 Å². The first-order valence-corrected chi connectivity index (χ1v) is 8.48. The Labute approximate surface area is 147 Å². The Balaban J connectivity index is 1.57. The van der Waals surface area contributed by atoms with E-state index in [0.29, 0.717) is 6.42 Å². The predicted molar refractivity (Wildman–Crippen MR) is 92.9 cm³/mol. The van der Waals surface area contributed by atoms with E-state index in [1.165, 1.54) is 12.1 Å². The third-order valence-corrected chi connectivity index (χ3v) is 5.10. The van der Waals surface area contributed by atoms with Crippen molar-refractivity contribution in [2.45, 2.75) is 58.0 Å². The maximum Gasteiger partial charge on any atom is 0.494 e. The predicted octanol–water partition coefficient (Wildman–Crippen LogP) is 4.37. The van der Waals surface area contributed by atoms with Crippen LogP contribution in [0.4, 0.5) is 8.78 Å². The third-order valence-electron chi connectivity index (χ3n) is 5.10. The number of hydrogen-bond donors (Lipinski definition) is 0. The summed E-state index contributed by atoms with van der Waals surface area (Å²) in [6.07, 6.45) is 6.27. The third kappa shape index (κ3) is 3.71. The van der Waals surface area contributed by atoms with Gasteiger partial charge in [-0.15, -0.1) is 0 Å². The minimum atomic E-state index is -0.858. The van der Waals surface area contributed by atoms with Crippen molar-refractivity contribution in [1.82, 2.24) is 0 Å². The summed E-state index contributed by atoms with van der Waals surface area (Å²) in [5.74, 6) is -1.71. The van der Waals surface area contributed by atoms with E-state index in [9.17, 15) is 8.78 Å². The van der Waals surface area contributed by atoms with E-state index < -0.39 is 18.8 Å². The highest BCUT2D eigenvalue weighted by molar-refractivity contribution is 6.55. The van der Waals surface area contributed by atoms with Gasteiger partial charge in [0.25, 0.3) is 0 Å². The van der Waals surface area contributed by atoms with Gasteiger partial charge in [-0.1, -0.05) is 30.4 Å². The highest BCUT2D eigenvalue weighted by atomic mass is 19.2. The van der Waals surface area contributed by atoms with Crippen LogP contribution < -0.4 is 0 Å². The highest BCUT2D eigenvalue weighted by Crippen LogP contribution is 2.39. The van der Waals surface area contributed by atoms with Gasteiger partial charge in [0.15, 0.2) is 11.6 Å². The molecule has 0 amide bonds. The molecule has 1 fully saturated rings. The van der Waals surface area contributed by atoms with E-state index in [4.69, 9.17) is 14.0 Å². The summed E-state index contributed by atoms with van der Waals surface area (Å²) in [5.41, 5.74) is 0.410. The molecule has 134 valence electrons. The minimum absolute atomic E-state index is 0.0261. The Bertz CT molecular complexity index is 697. The molecule has 1 aliphatic heterocycles. The van der Waals surface area contributed by atoms with Crippen LogP contribution in [0.3, 0.4) is 0 Å². The van der Waals surface area contributed by atoms with Gasteiger partial charge in [0.2, 0.25) is 0 Å². The maximum atomic E-state index is 13.6.